The SMILES string of the molecule is Cc1cc2cc(S(=O)(=O)O)cc(N(C)C)c2c(O)c1C. The number of phenolic OH excluding ortho intramolecular Hbond substituents is 1. The molecule has 0 unspecified atom stereocenters. The number of rotatable bonds is 2. The van der Waals surface area contributed by atoms with E-state index >= 15 is 0 Å². The maximum absolute atomic E-state index is 11.4. The molecule has 0 saturated heterocycles. The third kappa shape index (κ3) is 2.32. The molecule has 0 heterocycles. The number of anilines is 1. The van der Waals surface area contributed by atoms with Crippen molar-refractivity contribution in [2.75, 3.05) is 19.0 Å². The molecule has 0 aromatic heterocycles. The zero-order valence-electron chi connectivity index (χ0n) is 11.8. The number of fused-ring (bicyclic) bond motifs is 1. The Morgan fingerprint density at radius 1 is 1.10 bits per heavy atom. The molecule has 6 heteroatoms. The summed E-state index contributed by atoms with van der Waals surface area (Å²) in [5, 5.41) is 11.5. The normalized spacial score (nSPS) is 11.8. The average molecular weight is 295 g/mol. The van der Waals surface area contributed by atoms with Gasteiger partial charge in [0, 0.05) is 25.2 Å². The number of hydrogen-bond acceptors (Lipinski definition) is 4. The number of hydrogen-bond donors (Lipinski definition) is 2. The van der Waals surface area contributed by atoms with Gasteiger partial charge in [0.1, 0.15) is 5.75 Å². The summed E-state index contributed by atoms with van der Waals surface area (Å²) in [6, 6.07) is 4.52. The van der Waals surface area contributed by atoms with E-state index in [0.717, 1.165) is 11.1 Å². The van der Waals surface area contributed by atoms with Gasteiger partial charge in [0.25, 0.3) is 10.1 Å². The highest BCUT2D eigenvalue weighted by molar-refractivity contribution is 7.85. The Labute approximate surface area is 118 Å². The minimum Gasteiger partial charge on any atom is -0.507 e. The van der Waals surface area contributed by atoms with Crippen LogP contribution in [0.5, 0.6) is 5.75 Å². The fourth-order valence-electron chi connectivity index (χ4n) is 2.21. The van der Waals surface area contributed by atoms with Gasteiger partial charge in [-0.3, -0.25) is 4.55 Å². The van der Waals surface area contributed by atoms with Crippen molar-refractivity contribution in [2.24, 2.45) is 0 Å². The summed E-state index contributed by atoms with van der Waals surface area (Å²) >= 11 is 0. The Morgan fingerprint density at radius 3 is 2.20 bits per heavy atom. The molecule has 20 heavy (non-hydrogen) atoms. The van der Waals surface area contributed by atoms with Crippen molar-refractivity contribution in [2.45, 2.75) is 18.7 Å². The molecule has 0 saturated carbocycles. The van der Waals surface area contributed by atoms with Crippen LogP contribution in [-0.4, -0.2) is 32.2 Å². The van der Waals surface area contributed by atoms with Gasteiger partial charge >= 0.3 is 0 Å². The molecule has 0 aliphatic rings. The first-order chi connectivity index (χ1) is 9.12. The first-order valence-electron chi connectivity index (χ1n) is 6.04. The van der Waals surface area contributed by atoms with E-state index in [9.17, 15) is 18.1 Å². The molecule has 0 aliphatic carbocycles. The van der Waals surface area contributed by atoms with Crippen LogP contribution in [0, 0.1) is 13.8 Å². The van der Waals surface area contributed by atoms with Gasteiger partial charge < -0.3 is 10.0 Å². The summed E-state index contributed by atoms with van der Waals surface area (Å²) in [5.41, 5.74) is 2.14. The van der Waals surface area contributed by atoms with Crippen LogP contribution in [0.4, 0.5) is 5.69 Å². The van der Waals surface area contributed by atoms with Crippen LogP contribution in [0.25, 0.3) is 10.8 Å². The Kier molecular flexibility index (Phi) is 3.39. The molecule has 0 atom stereocenters. The number of aryl methyl sites for hydroxylation is 1. The van der Waals surface area contributed by atoms with Gasteiger partial charge in [-0.1, -0.05) is 6.07 Å². The monoisotopic (exact) mass is 295 g/mol. The lowest BCUT2D eigenvalue weighted by atomic mass is 9.99. The molecular weight excluding hydrogens is 278 g/mol. The Hall–Kier alpha value is -1.79. The van der Waals surface area contributed by atoms with E-state index in [2.05, 4.69) is 0 Å². The van der Waals surface area contributed by atoms with E-state index in [-0.39, 0.29) is 10.6 Å². The van der Waals surface area contributed by atoms with Gasteiger partial charge in [-0.05, 0) is 42.5 Å². The second kappa shape index (κ2) is 4.64. The topological polar surface area (TPSA) is 77.8 Å². The van der Waals surface area contributed by atoms with Crippen molar-refractivity contribution < 1.29 is 18.1 Å². The second-order valence-corrected chi connectivity index (χ2v) is 6.50. The van der Waals surface area contributed by atoms with E-state index in [1.807, 2.05) is 6.92 Å². The molecule has 2 aromatic carbocycles. The summed E-state index contributed by atoms with van der Waals surface area (Å²) in [6.45, 7) is 3.64. The van der Waals surface area contributed by atoms with Gasteiger partial charge in [0.05, 0.1) is 4.90 Å². The fourth-order valence-corrected chi connectivity index (χ4v) is 2.75. The van der Waals surface area contributed by atoms with Gasteiger partial charge in [-0.2, -0.15) is 8.42 Å². The van der Waals surface area contributed by atoms with Crippen LogP contribution in [0.3, 0.4) is 0 Å². The molecule has 0 aliphatic heterocycles. The highest BCUT2D eigenvalue weighted by Gasteiger charge is 2.18. The summed E-state index contributed by atoms with van der Waals surface area (Å²) in [7, 11) is -0.800. The largest absolute Gasteiger partial charge is 0.507 e. The standard InChI is InChI=1S/C14H17NO4S/c1-8-5-10-6-11(20(17,18)19)7-12(15(3)4)13(10)14(16)9(8)2/h5-7,16H,1-4H3,(H,17,18,19). The molecule has 0 radical (unpaired) electrons. The molecule has 5 nitrogen and oxygen atoms in total. The maximum atomic E-state index is 11.4. The molecule has 2 rings (SSSR count). The third-order valence-electron chi connectivity index (χ3n) is 3.46. The molecule has 0 amide bonds. The predicted molar refractivity (Wildman–Crippen MR) is 79.2 cm³/mol. The van der Waals surface area contributed by atoms with Crippen LogP contribution in [0.2, 0.25) is 0 Å². The molecule has 0 spiro atoms. The number of benzene rings is 2. The van der Waals surface area contributed by atoms with Crippen LogP contribution >= 0.6 is 0 Å². The molecule has 2 N–H and O–H groups in total. The molecule has 0 bridgehead atoms. The highest BCUT2D eigenvalue weighted by atomic mass is 32.2. The first-order valence-corrected chi connectivity index (χ1v) is 7.48. The quantitative estimate of drug-likeness (QED) is 0.832. The zero-order chi connectivity index (χ0) is 15.2. The van der Waals surface area contributed by atoms with Crippen molar-refractivity contribution in [1.29, 1.82) is 0 Å². The van der Waals surface area contributed by atoms with Crippen molar-refractivity contribution in [3.05, 3.63) is 29.3 Å². The minimum absolute atomic E-state index is 0.130. The highest BCUT2D eigenvalue weighted by Crippen LogP contribution is 2.39. The molecule has 2 aromatic rings. The molecule has 108 valence electrons. The lowest BCUT2D eigenvalue weighted by molar-refractivity contribution is 0.476. The van der Waals surface area contributed by atoms with Crippen molar-refractivity contribution >= 4 is 26.6 Å². The number of nitrogens with zero attached hydrogens (tertiary/aromatic N) is 1. The van der Waals surface area contributed by atoms with Crippen LogP contribution in [0.15, 0.2) is 23.1 Å². The van der Waals surface area contributed by atoms with E-state index < -0.39 is 10.1 Å². The summed E-state index contributed by atoms with van der Waals surface area (Å²) in [6.07, 6.45) is 0. The van der Waals surface area contributed by atoms with Crippen molar-refractivity contribution in [3.63, 3.8) is 0 Å². The smallest absolute Gasteiger partial charge is 0.294 e. The third-order valence-corrected chi connectivity index (χ3v) is 4.29. The molecular formula is C14H17NO4S. The summed E-state index contributed by atoms with van der Waals surface area (Å²) in [4.78, 5) is 1.52. The minimum atomic E-state index is -4.29. The summed E-state index contributed by atoms with van der Waals surface area (Å²) < 4.78 is 32.0. The Bertz CT molecular complexity index is 795. The van der Waals surface area contributed by atoms with E-state index in [1.54, 1.807) is 32.0 Å². The van der Waals surface area contributed by atoms with E-state index in [4.69, 9.17) is 0 Å². The summed E-state index contributed by atoms with van der Waals surface area (Å²) in [5.74, 6) is 0.130. The Balaban J connectivity index is 3.01. The number of aromatic hydroxyl groups is 1. The van der Waals surface area contributed by atoms with Gasteiger partial charge in [0.2, 0.25) is 0 Å². The maximum Gasteiger partial charge on any atom is 0.294 e. The average Bonchev–Trinajstić information content (AvgIpc) is 2.33. The number of phenols is 1. The van der Waals surface area contributed by atoms with Gasteiger partial charge in [-0.25, -0.2) is 0 Å². The fraction of sp³-hybridized carbons (Fsp3) is 0.286. The van der Waals surface area contributed by atoms with Gasteiger partial charge in [0.15, 0.2) is 0 Å². The van der Waals surface area contributed by atoms with Crippen LogP contribution < -0.4 is 4.90 Å². The van der Waals surface area contributed by atoms with Crippen LogP contribution in [-0.2, 0) is 10.1 Å². The lowest BCUT2D eigenvalue weighted by Gasteiger charge is -2.19. The van der Waals surface area contributed by atoms with Crippen molar-refractivity contribution in [3.8, 4) is 5.75 Å². The van der Waals surface area contributed by atoms with E-state index in [1.165, 1.54) is 12.1 Å². The predicted octanol–water partition coefficient (Wildman–Crippen LogP) is 2.47. The molecule has 0 fully saturated rings. The lowest BCUT2D eigenvalue weighted by Crippen LogP contribution is -2.11. The zero-order valence-corrected chi connectivity index (χ0v) is 12.6. The second-order valence-electron chi connectivity index (χ2n) is 5.08. The van der Waals surface area contributed by atoms with Crippen LogP contribution in [0.1, 0.15) is 11.1 Å². The first kappa shape index (κ1) is 14.6. The van der Waals surface area contributed by atoms with Crippen molar-refractivity contribution in [1.82, 2.24) is 0 Å². The van der Waals surface area contributed by atoms with E-state index in [0.29, 0.717) is 16.5 Å². The Morgan fingerprint density at radius 2 is 1.70 bits per heavy atom. The van der Waals surface area contributed by atoms with Gasteiger partial charge in [-0.15, -0.1) is 0 Å².